The Morgan fingerprint density at radius 1 is 1.03 bits per heavy atom. The summed E-state index contributed by atoms with van der Waals surface area (Å²) in [4.78, 5) is 16.5. The highest BCUT2D eigenvalue weighted by atomic mass is 19.1. The molecule has 0 atom stereocenters. The molecule has 7 nitrogen and oxygen atoms in total. The molecular formula is C21H21FN4O3. The van der Waals surface area contributed by atoms with Crippen molar-refractivity contribution < 1.29 is 18.3 Å². The van der Waals surface area contributed by atoms with Gasteiger partial charge >= 0.3 is 0 Å². The molecule has 2 aromatic carbocycles. The van der Waals surface area contributed by atoms with Gasteiger partial charge in [0.2, 0.25) is 11.8 Å². The van der Waals surface area contributed by atoms with Gasteiger partial charge in [-0.15, -0.1) is 10.2 Å². The van der Waals surface area contributed by atoms with Crippen molar-refractivity contribution in [2.24, 2.45) is 0 Å². The van der Waals surface area contributed by atoms with Crippen LogP contribution < -0.4 is 4.74 Å². The Labute approximate surface area is 167 Å². The molecule has 8 heteroatoms. The van der Waals surface area contributed by atoms with Crippen LogP contribution in [0.1, 0.15) is 16.2 Å². The Hall–Kier alpha value is -3.26. The van der Waals surface area contributed by atoms with Crippen molar-refractivity contribution in [3.8, 4) is 17.2 Å². The lowest BCUT2D eigenvalue weighted by atomic mass is 10.2. The van der Waals surface area contributed by atoms with Crippen LogP contribution in [-0.2, 0) is 6.54 Å². The van der Waals surface area contributed by atoms with E-state index in [2.05, 4.69) is 15.1 Å². The maximum Gasteiger partial charge on any atom is 0.253 e. The molecule has 0 N–H and O–H groups in total. The fourth-order valence-corrected chi connectivity index (χ4v) is 3.24. The van der Waals surface area contributed by atoms with Gasteiger partial charge in [-0.2, -0.15) is 0 Å². The first kappa shape index (κ1) is 19.1. The third-order valence-electron chi connectivity index (χ3n) is 4.91. The van der Waals surface area contributed by atoms with Crippen molar-refractivity contribution in [1.29, 1.82) is 0 Å². The molecule has 0 radical (unpaired) electrons. The van der Waals surface area contributed by atoms with Crippen molar-refractivity contribution in [1.82, 2.24) is 20.0 Å². The van der Waals surface area contributed by atoms with E-state index in [0.717, 1.165) is 11.3 Å². The number of aromatic nitrogens is 2. The second-order valence-electron chi connectivity index (χ2n) is 6.80. The van der Waals surface area contributed by atoms with E-state index >= 15 is 0 Å². The molecule has 1 amide bonds. The van der Waals surface area contributed by atoms with Gasteiger partial charge < -0.3 is 14.1 Å². The summed E-state index contributed by atoms with van der Waals surface area (Å²) in [6, 6.07) is 13.1. The number of hydrogen-bond acceptors (Lipinski definition) is 6. The number of amides is 1. The van der Waals surface area contributed by atoms with E-state index in [1.807, 2.05) is 24.3 Å². The highest BCUT2D eigenvalue weighted by molar-refractivity contribution is 5.94. The fraction of sp³-hybridized carbons (Fsp3) is 0.286. The lowest BCUT2D eigenvalue weighted by Crippen LogP contribution is -2.48. The smallest absolute Gasteiger partial charge is 0.253 e. The molecule has 1 aliphatic heterocycles. The zero-order valence-corrected chi connectivity index (χ0v) is 16.0. The minimum Gasteiger partial charge on any atom is -0.497 e. The molecule has 1 fully saturated rings. The van der Waals surface area contributed by atoms with E-state index in [9.17, 15) is 9.18 Å². The van der Waals surface area contributed by atoms with E-state index in [1.54, 1.807) is 12.0 Å². The SMILES string of the molecule is COc1ccc(-c2nnc(CN3CCN(C(=O)c4ccc(F)cc4)CC3)o2)cc1. The van der Waals surface area contributed by atoms with Crippen molar-refractivity contribution in [2.45, 2.75) is 6.54 Å². The van der Waals surface area contributed by atoms with Gasteiger partial charge in [0, 0.05) is 37.3 Å². The maximum absolute atomic E-state index is 13.0. The number of rotatable bonds is 5. The number of piperazine rings is 1. The molecule has 0 bridgehead atoms. The molecule has 0 saturated carbocycles. The van der Waals surface area contributed by atoms with Crippen LogP contribution in [0.3, 0.4) is 0 Å². The third-order valence-corrected chi connectivity index (χ3v) is 4.91. The number of nitrogens with zero attached hydrogens (tertiary/aromatic N) is 4. The highest BCUT2D eigenvalue weighted by Crippen LogP contribution is 2.22. The van der Waals surface area contributed by atoms with Crippen LogP contribution in [0.5, 0.6) is 5.75 Å². The van der Waals surface area contributed by atoms with Gasteiger partial charge in [0.1, 0.15) is 11.6 Å². The molecular weight excluding hydrogens is 375 g/mol. The quantitative estimate of drug-likeness (QED) is 0.660. The Bertz CT molecular complexity index is 964. The third kappa shape index (κ3) is 4.43. The second-order valence-corrected chi connectivity index (χ2v) is 6.80. The largest absolute Gasteiger partial charge is 0.497 e. The molecule has 4 rings (SSSR count). The number of carbonyl (C=O) groups excluding carboxylic acids is 1. The molecule has 29 heavy (non-hydrogen) atoms. The van der Waals surface area contributed by atoms with Crippen LogP contribution in [0.2, 0.25) is 0 Å². The number of halogens is 1. The second kappa shape index (κ2) is 8.40. The van der Waals surface area contributed by atoms with E-state index in [4.69, 9.17) is 9.15 Å². The predicted molar refractivity (Wildman–Crippen MR) is 104 cm³/mol. The first-order chi connectivity index (χ1) is 14.1. The predicted octanol–water partition coefficient (Wildman–Crippen LogP) is 2.84. The summed E-state index contributed by atoms with van der Waals surface area (Å²) < 4.78 is 24.0. The molecule has 0 aliphatic carbocycles. The molecule has 150 valence electrons. The van der Waals surface area contributed by atoms with Crippen LogP contribution in [0.4, 0.5) is 4.39 Å². The topological polar surface area (TPSA) is 71.7 Å². The summed E-state index contributed by atoms with van der Waals surface area (Å²) in [5, 5.41) is 8.25. The first-order valence-electron chi connectivity index (χ1n) is 9.36. The van der Waals surface area contributed by atoms with Crippen molar-refractivity contribution in [2.75, 3.05) is 33.3 Å². The summed E-state index contributed by atoms with van der Waals surface area (Å²) in [6.07, 6.45) is 0. The van der Waals surface area contributed by atoms with Crippen LogP contribution in [0.25, 0.3) is 11.5 Å². The van der Waals surface area contributed by atoms with Crippen LogP contribution in [0.15, 0.2) is 52.9 Å². The Morgan fingerprint density at radius 3 is 2.38 bits per heavy atom. The van der Waals surface area contributed by atoms with E-state index < -0.39 is 0 Å². The molecule has 1 aromatic heterocycles. The van der Waals surface area contributed by atoms with E-state index in [1.165, 1.54) is 24.3 Å². The van der Waals surface area contributed by atoms with Crippen LogP contribution in [-0.4, -0.2) is 59.2 Å². The average Bonchev–Trinajstić information content (AvgIpc) is 3.23. The lowest BCUT2D eigenvalue weighted by molar-refractivity contribution is 0.0618. The molecule has 1 saturated heterocycles. The van der Waals surface area contributed by atoms with Gasteiger partial charge in [0.05, 0.1) is 13.7 Å². The lowest BCUT2D eigenvalue weighted by Gasteiger charge is -2.34. The van der Waals surface area contributed by atoms with Gasteiger partial charge in [0.15, 0.2) is 0 Å². The molecule has 0 spiro atoms. The minimum absolute atomic E-state index is 0.0794. The number of hydrogen-bond donors (Lipinski definition) is 0. The van der Waals surface area contributed by atoms with Gasteiger partial charge in [-0.05, 0) is 48.5 Å². The fourth-order valence-electron chi connectivity index (χ4n) is 3.24. The zero-order chi connectivity index (χ0) is 20.2. The zero-order valence-electron chi connectivity index (χ0n) is 16.0. The molecule has 3 aromatic rings. The Kier molecular flexibility index (Phi) is 5.53. The maximum atomic E-state index is 13.0. The summed E-state index contributed by atoms with van der Waals surface area (Å²) in [5.41, 5.74) is 1.33. The van der Waals surface area contributed by atoms with Crippen LogP contribution in [0, 0.1) is 5.82 Å². The standard InChI is InChI=1S/C21H21FN4O3/c1-28-18-8-4-15(5-9-18)20-24-23-19(29-20)14-25-10-12-26(13-11-25)21(27)16-2-6-17(22)7-3-16/h2-9H,10-14H2,1H3. The number of benzene rings is 2. The Morgan fingerprint density at radius 2 is 1.72 bits per heavy atom. The average molecular weight is 396 g/mol. The first-order valence-corrected chi connectivity index (χ1v) is 9.36. The highest BCUT2D eigenvalue weighted by Gasteiger charge is 2.23. The Balaban J connectivity index is 1.32. The molecule has 0 unspecified atom stereocenters. The summed E-state index contributed by atoms with van der Waals surface area (Å²) in [5.74, 6) is 1.34. The van der Waals surface area contributed by atoms with Crippen molar-refractivity contribution >= 4 is 5.91 Å². The van der Waals surface area contributed by atoms with Crippen molar-refractivity contribution in [3.05, 3.63) is 65.8 Å². The van der Waals surface area contributed by atoms with Crippen molar-refractivity contribution in [3.63, 3.8) is 0 Å². The number of ether oxygens (including phenoxy) is 1. The monoisotopic (exact) mass is 396 g/mol. The normalized spacial score (nSPS) is 14.8. The number of methoxy groups -OCH3 is 1. The van der Waals surface area contributed by atoms with Crippen LogP contribution >= 0.6 is 0 Å². The summed E-state index contributed by atoms with van der Waals surface area (Å²) in [7, 11) is 1.62. The number of carbonyl (C=O) groups is 1. The molecule has 2 heterocycles. The van der Waals surface area contributed by atoms with E-state index in [0.29, 0.717) is 50.1 Å². The van der Waals surface area contributed by atoms with Gasteiger partial charge in [-0.25, -0.2) is 4.39 Å². The van der Waals surface area contributed by atoms with E-state index in [-0.39, 0.29) is 11.7 Å². The summed E-state index contributed by atoms with van der Waals surface area (Å²) in [6.45, 7) is 3.12. The molecule has 1 aliphatic rings. The van der Waals surface area contributed by atoms with Gasteiger partial charge in [-0.1, -0.05) is 0 Å². The van der Waals surface area contributed by atoms with Gasteiger partial charge in [0.25, 0.3) is 5.91 Å². The minimum atomic E-state index is -0.347. The summed E-state index contributed by atoms with van der Waals surface area (Å²) >= 11 is 0. The van der Waals surface area contributed by atoms with Gasteiger partial charge in [-0.3, -0.25) is 9.69 Å².